The molecule has 2 fully saturated rings. The molecule has 41 heavy (non-hydrogen) atoms. The van der Waals surface area contributed by atoms with Crippen molar-refractivity contribution in [3.63, 3.8) is 0 Å². The van der Waals surface area contributed by atoms with E-state index in [-0.39, 0.29) is 65.7 Å². The molecule has 2 amide bonds. The lowest BCUT2D eigenvalue weighted by Crippen LogP contribution is -2.52. The van der Waals surface area contributed by atoms with Gasteiger partial charge in [0, 0.05) is 47.9 Å². The molecule has 3 aromatic rings. The third kappa shape index (κ3) is 6.04. The van der Waals surface area contributed by atoms with Gasteiger partial charge in [-0.1, -0.05) is 23.2 Å². The van der Waals surface area contributed by atoms with Crippen LogP contribution in [0.4, 0.5) is 18.9 Å². The van der Waals surface area contributed by atoms with E-state index in [2.05, 4.69) is 10.4 Å². The van der Waals surface area contributed by atoms with E-state index in [1.165, 1.54) is 27.9 Å². The summed E-state index contributed by atoms with van der Waals surface area (Å²) in [6, 6.07) is 4.56. The number of anilines is 1. The van der Waals surface area contributed by atoms with Crippen LogP contribution in [0.2, 0.25) is 10.0 Å². The van der Waals surface area contributed by atoms with Gasteiger partial charge in [0.15, 0.2) is 0 Å². The fraction of sp³-hybridized carbons (Fsp3) is 0.346. The highest BCUT2D eigenvalue weighted by Gasteiger charge is 2.52. The number of amides is 2. The minimum absolute atomic E-state index is 0. The maximum atomic E-state index is 14.2. The number of carbonyl (C=O) groups is 2. The first-order chi connectivity index (χ1) is 19.0. The van der Waals surface area contributed by atoms with Crippen molar-refractivity contribution >= 4 is 53.1 Å². The maximum absolute atomic E-state index is 14.2. The third-order valence-electron chi connectivity index (χ3n) is 7.12. The predicted molar refractivity (Wildman–Crippen MR) is 146 cm³/mol. The molecule has 4 N–H and O–H groups in total. The minimum Gasteiger partial charge on any atom is -0.372 e. The molecule has 9 nitrogen and oxygen atoms in total. The van der Waals surface area contributed by atoms with Crippen molar-refractivity contribution in [2.24, 2.45) is 5.73 Å². The standard InChI is InChI=1S/C26H24Cl2F3N5O4.ClH/c27-14-5-13(22(31)19(28)6-14)9-33-24(37)26(39)3-4-35(25(26)38)17-10-34-36(11-17)16-8-21(32)23(40-12-16)18-7-15(29)1-2-20(18)30;/h1-2,5-7,10-11,16,21,23,39H,3-4,8-9,12,32H2,(H,33,37);1H/t16-,21+,23-,26?;/m1./s1. The zero-order valence-corrected chi connectivity index (χ0v) is 23.5. The van der Waals surface area contributed by atoms with Crippen LogP contribution >= 0.6 is 35.6 Å². The Kier molecular flexibility index (Phi) is 9.22. The predicted octanol–water partition coefficient (Wildman–Crippen LogP) is 3.84. The first kappa shape index (κ1) is 31.1. The number of nitrogens with zero attached hydrogens (tertiary/aromatic N) is 3. The SMILES string of the molecule is Cl.N[C@H]1C[C@@H](n2cc(N3CCC(O)(C(=O)NCc4cc(Cl)cc(Cl)c4F)C3=O)cn2)CO[C@@H]1c1cc(F)ccc1F. The van der Waals surface area contributed by atoms with Crippen LogP contribution in [0.15, 0.2) is 42.7 Å². The van der Waals surface area contributed by atoms with Gasteiger partial charge in [-0.2, -0.15) is 5.10 Å². The number of nitrogens with two attached hydrogens (primary N) is 1. The van der Waals surface area contributed by atoms with E-state index in [1.807, 2.05) is 0 Å². The van der Waals surface area contributed by atoms with Gasteiger partial charge in [0.25, 0.3) is 11.8 Å². The lowest BCUT2D eigenvalue weighted by molar-refractivity contribution is -0.149. The number of hydrogen-bond acceptors (Lipinski definition) is 6. The second-order valence-electron chi connectivity index (χ2n) is 9.76. The summed E-state index contributed by atoms with van der Waals surface area (Å²) < 4.78 is 49.4. The second kappa shape index (κ2) is 12.2. The number of carbonyl (C=O) groups excluding carboxylic acids is 2. The average Bonchev–Trinajstić information content (AvgIpc) is 3.52. The number of ether oxygens (including phenoxy) is 1. The van der Waals surface area contributed by atoms with Crippen LogP contribution in [0, 0.1) is 17.5 Å². The zero-order chi connectivity index (χ0) is 28.8. The van der Waals surface area contributed by atoms with E-state index < -0.39 is 47.0 Å². The zero-order valence-electron chi connectivity index (χ0n) is 21.2. The number of halogens is 6. The fourth-order valence-electron chi connectivity index (χ4n) is 4.97. The Morgan fingerprint density at radius 2 is 2.00 bits per heavy atom. The van der Waals surface area contributed by atoms with Gasteiger partial charge in [0.2, 0.25) is 5.60 Å². The van der Waals surface area contributed by atoms with Crippen LogP contribution in [0.5, 0.6) is 0 Å². The summed E-state index contributed by atoms with van der Waals surface area (Å²) in [7, 11) is 0. The van der Waals surface area contributed by atoms with Gasteiger partial charge in [-0.05, 0) is 36.8 Å². The second-order valence-corrected chi connectivity index (χ2v) is 10.6. The number of aromatic nitrogens is 2. The van der Waals surface area contributed by atoms with Crippen molar-refractivity contribution in [1.29, 1.82) is 0 Å². The van der Waals surface area contributed by atoms with Crippen molar-refractivity contribution in [3.05, 3.63) is 81.3 Å². The van der Waals surface area contributed by atoms with E-state index in [0.717, 1.165) is 18.2 Å². The van der Waals surface area contributed by atoms with E-state index in [4.69, 9.17) is 33.7 Å². The molecule has 220 valence electrons. The van der Waals surface area contributed by atoms with Crippen molar-refractivity contribution in [3.8, 4) is 0 Å². The molecule has 1 unspecified atom stereocenters. The van der Waals surface area contributed by atoms with E-state index in [1.54, 1.807) is 6.20 Å². The Morgan fingerprint density at radius 3 is 2.73 bits per heavy atom. The lowest BCUT2D eigenvalue weighted by Gasteiger charge is -2.34. The first-order valence-electron chi connectivity index (χ1n) is 12.3. The van der Waals surface area contributed by atoms with Gasteiger partial charge in [-0.15, -0.1) is 12.4 Å². The van der Waals surface area contributed by atoms with Crippen molar-refractivity contribution in [2.45, 2.75) is 43.2 Å². The van der Waals surface area contributed by atoms with Gasteiger partial charge in [-0.25, -0.2) is 13.2 Å². The number of nitrogens with one attached hydrogen (secondary N) is 1. The van der Waals surface area contributed by atoms with Crippen molar-refractivity contribution in [1.82, 2.24) is 15.1 Å². The molecule has 2 aliphatic rings. The Morgan fingerprint density at radius 1 is 1.24 bits per heavy atom. The molecule has 1 aromatic heterocycles. The number of aliphatic hydroxyl groups is 1. The van der Waals surface area contributed by atoms with Gasteiger partial charge in [0.1, 0.15) is 23.6 Å². The van der Waals surface area contributed by atoms with E-state index in [0.29, 0.717) is 12.1 Å². The highest BCUT2D eigenvalue weighted by atomic mass is 35.5. The van der Waals surface area contributed by atoms with Gasteiger partial charge < -0.3 is 25.8 Å². The molecule has 5 rings (SSSR count). The molecular weight excluding hydrogens is 610 g/mol. The normalized spacial score (nSPS) is 24.3. The molecule has 2 saturated heterocycles. The van der Waals surface area contributed by atoms with Crippen molar-refractivity contribution < 1.29 is 32.6 Å². The highest BCUT2D eigenvalue weighted by molar-refractivity contribution is 6.34. The van der Waals surface area contributed by atoms with Gasteiger partial charge in [-0.3, -0.25) is 14.3 Å². The lowest BCUT2D eigenvalue weighted by atomic mass is 9.94. The number of rotatable bonds is 6. The summed E-state index contributed by atoms with van der Waals surface area (Å²) in [6.07, 6.45) is 2.22. The molecule has 15 heteroatoms. The summed E-state index contributed by atoms with van der Waals surface area (Å²) in [5.41, 5.74) is 4.22. The van der Waals surface area contributed by atoms with E-state index >= 15 is 0 Å². The Labute approximate surface area is 248 Å². The molecule has 3 heterocycles. The Hall–Kier alpha value is -2.87. The smallest absolute Gasteiger partial charge is 0.268 e. The summed E-state index contributed by atoms with van der Waals surface area (Å²) in [4.78, 5) is 27.1. The molecule has 0 bridgehead atoms. The van der Waals surface area contributed by atoms with Crippen LogP contribution in [0.1, 0.15) is 36.1 Å². The first-order valence-corrected chi connectivity index (χ1v) is 13.1. The van der Waals surface area contributed by atoms with Crippen LogP contribution in [-0.2, 0) is 20.9 Å². The molecule has 4 atom stereocenters. The van der Waals surface area contributed by atoms with E-state index in [9.17, 15) is 27.9 Å². The average molecular weight is 635 g/mol. The number of hydrogen-bond donors (Lipinski definition) is 3. The monoisotopic (exact) mass is 633 g/mol. The molecule has 0 spiro atoms. The Bertz CT molecular complexity index is 1480. The molecule has 2 aliphatic heterocycles. The summed E-state index contributed by atoms with van der Waals surface area (Å²) >= 11 is 11.7. The van der Waals surface area contributed by atoms with Gasteiger partial charge in [0.05, 0.1) is 29.6 Å². The van der Waals surface area contributed by atoms with Crippen LogP contribution in [0.25, 0.3) is 0 Å². The van der Waals surface area contributed by atoms with Crippen LogP contribution < -0.4 is 16.0 Å². The molecule has 2 aromatic carbocycles. The summed E-state index contributed by atoms with van der Waals surface area (Å²) in [6.45, 7) is -0.228. The molecule has 0 radical (unpaired) electrons. The molecule has 0 aliphatic carbocycles. The van der Waals surface area contributed by atoms with Gasteiger partial charge >= 0.3 is 0 Å². The fourth-order valence-corrected chi connectivity index (χ4v) is 5.51. The maximum Gasteiger partial charge on any atom is 0.268 e. The number of benzene rings is 2. The topological polar surface area (TPSA) is 123 Å². The molecular formula is C26H25Cl3F3N5O4. The van der Waals surface area contributed by atoms with Crippen LogP contribution in [0.3, 0.4) is 0 Å². The molecule has 0 saturated carbocycles. The third-order valence-corrected chi connectivity index (χ3v) is 7.61. The summed E-state index contributed by atoms with van der Waals surface area (Å²) in [5.74, 6) is -3.86. The highest BCUT2D eigenvalue weighted by Crippen LogP contribution is 2.35. The summed E-state index contributed by atoms with van der Waals surface area (Å²) in [5, 5.41) is 17.5. The Balaban J connectivity index is 0.00000387. The quantitative estimate of drug-likeness (QED) is 0.280. The minimum atomic E-state index is -2.38. The van der Waals surface area contributed by atoms with Crippen molar-refractivity contribution in [2.75, 3.05) is 18.1 Å². The largest absolute Gasteiger partial charge is 0.372 e. The van der Waals surface area contributed by atoms with Crippen LogP contribution in [-0.4, -0.2) is 51.5 Å².